The van der Waals surface area contributed by atoms with Crippen molar-refractivity contribution < 1.29 is 9.59 Å². The molecule has 0 aliphatic heterocycles. The molecule has 1 heterocycles. The van der Waals surface area contributed by atoms with Gasteiger partial charge in [0.25, 0.3) is 11.8 Å². The lowest BCUT2D eigenvalue weighted by atomic mass is 10.2. The third-order valence-corrected chi connectivity index (χ3v) is 3.19. The van der Waals surface area contributed by atoms with Crippen LogP contribution in [0.2, 0.25) is 0 Å². The second kappa shape index (κ2) is 5.62. The summed E-state index contributed by atoms with van der Waals surface area (Å²) in [7, 11) is 0. The molecule has 6 heteroatoms. The molecule has 0 fully saturated rings. The van der Waals surface area contributed by atoms with E-state index in [1.165, 1.54) is 11.3 Å². The first-order valence-electron chi connectivity index (χ1n) is 5.03. The van der Waals surface area contributed by atoms with E-state index in [2.05, 4.69) is 0 Å². The molecule has 1 aromatic heterocycles. The van der Waals surface area contributed by atoms with Gasteiger partial charge in [0.15, 0.2) is 0 Å². The number of hydrogen-bond acceptors (Lipinski definition) is 4. The summed E-state index contributed by atoms with van der Waals surface area (Å²) < 4.78 is 0. The highest BCUT2D eigenvalue weighted by Gasteiger charge is 2.21. The highest BCUT2D eigenvalue weighted by molar-refractivity contribution is 7.12. The van der Waals surface area contributed by atoms with Gasteiger partial charge in [-0.15, -0.1) is 11.3 Å². The molecular formula is C10H15N3O2S. The van der Waals surface area contributed by atoms with Crippen molar-refractivity contribution in [3.05, 3.63) is 21.9 Å². The van der Waals surface area contributed by atoms with Crippen LogP contribution >= 0.6 is 11.3 Å². The first-order chi connectivity index (χ1) is 7.65. The molecule has 5 nitrogen and oxygen atoms in total. The number of carbonyl (C=O) groups is 2. The number of nitrogens with one attached hydrogen (secondary N) is 1. The molecular weight excluding hydrogens is 226 g/mol. The molecule has 0 saturated heterocycles. The number of hydrazine groups is 1. The van der Waals surface area contributed by atoms with Crippen molar-refractivity contribution in [3.8, 4) is 0 Å². The minimum absolute atomic E-state index is 0.126. The Hall–Kier alpha value is -1.40. The van der Waals surface area contributed by atoms with Crippen LogP contribution in [-0.2, 0) is 0 Å². The quantitative estimate of drug-likeness (QED) is 0.466. The van der Waals surface area contributed by atoms with Gasteiger partial charge in [0, 0.05) is 13.1 Å². The van der Waals surface area contributed by atoms with E-state index in [0.29, 0.717) is 23.5 Å². The standard InChI is InChI=1S/C10H15N3O2S/c1-3-13(4-2)10(15)8-7(5-6-16-8)9(14)12-11/h5-6H,3-4,11H2,1-2H3,(H,12,14). The Kier molecular flexibility index (Phi) is 4.45. The Balaban J connectivity index is 3.00. The van der Waals surface area contributed by atoms with Crippen molar-refractivity contribution in [3.63, 3.8) is 0 Å². The van der Waals surface area contributed by atoms with Gasteiger partial charge in [-0.2, -0.15) is 0 Å². The summed E-state index contributed by atoms with van der Waals surface area (Å²) in [5, 5.41) is 1.71. The fraction of sp³-hybridized carbons (Fsp3) is 0.400. The van der Waals surface area contributed by atoms with Gasteiger partial charge in [0.2, 0.25) is 0 Å². The minimum atomic E-state index is -0.434. The summed E-state index contributed by atoms with van der Waals surface area (Å²) in [6, 6.07) is 1.60. The van der Waals surface area contributed by atoms with Crippen LogP contribution in [0.25, 0.3) is 0 Å². The lowest BCUT2D eigenvalue weighted by Gasteiger charge is -2.18. The number of carbonyl (C=O) groups excluding carboxylic acids is 2. The van der Waals surface area contributed by atoms with Crippen LogP contribution in [0.1, 0.15) is 33.9 Å². The molecule has 0 radical (unpaired) electrons. The van der Waals surface area contributed by atoms with Crippen molar-refractivity contribution in [2.45, 2.75) is 13.8 Å². The fourth-order valence-corrected chi connectivity index (χ4v) is 2.24. The van der Waals surface area contributed by atoms with E-state index >= 15 is 0 Å². The average molecular weight is 241 g/mol. The molecule has 1 aromatic rings. The van der Waals surface area contributed by atoms with E-state index in [-0.39, 0.29) is 5.91 Å². The van der Waals surface area contributed by atoms with Gasteiger partial charge in [-0.1, -0.05) is 0 Å². The average Bonchev–Trinajstić information content (AvgIpc) is 2.78. The van der Waals surface area contributed by atoms with Crippen molar-refractivity contribution in [1.82, 2.24) is 10.3 Å². The second-order valence-corrected chi connectivity index (χ2v) is 4.03. The normalized spacial score (nSPS) is 9.94. The third-order valence-electron chi connectivity index (χ3n) is 2.29. The molecule has 1 rings (SSSR count). The van der Waals surface area contributed by atoms with Gasteiger partial charge in [0.05, 0.1) is 5.56 Å². The van der Waals surface area contributed by atoms with Crippen LogP contribution in [-0.4, -0.2) is 29.8 Å². The molecule has 0 unspecified atom stereocenters. The monoisotopic (exact) mass is 241 g/mol. The van der Waals surface area contributed by atoms with E-state index in [4.69, 9.17) is 5.84 Å². The first-order valence-corrected chi connectivity index (χ1v) is 5.91. The zero-order valence-electron chi connectivity index (χ0n) is 9.32. The third kappa shape index (κ3) is 2.40. The molecule has 16 heavy (non-hydrogen) atoms. The van der Waals surface area contributed by atoms with Crippen molar-refractivity contribution >= 4 is 23.2 Å². The van der Waals surface area contributed by atoms with Crippen LogP contribution < -0.4 is 11.3 Å². The van der Waals surface area contributed by atoms with E-state index in [0.717, 1.165) is 0 Å². The lowest BCUT2D eigenvalue weighted by molar-refractivity contribution is 0.0771. The number of nitrogens with zero attached hydrogens (tertiary/aromatic N) is 1. The molecule has 0 saturated carbocycles. The Bertz CT molecular complexity index is 385. The van der Waals surface area contributed by atoms with E-state index < -0.39 is 5.91 Å². The Labute approximate surface area is 98.2 Å². The highest BCUT2D eigenvalue weighted by atomic mass is 32.1. The maximum atomic E-state index is 12.0. The molecule has 0 aliphatic carbocycles. The maximum absolute atomic E-state index is 12.0. The van der Waals surface area contributed by atoms with E-state index in [1.807, 2.05) is 19.3 Å². The van der Waals surface area contributed by atoms with Crippen molar-refractivity contribution in [2.24, 2.45) is 5.84 Å². The highest BCUT2D eigenvalue weighted by Crippen LogP contribution is 2.18. The Morgan fingerprint density at radius 3 is 2.56 bits per heavy atom. The van der Waals surface area contributed by atoms with Gasteiger partial charge in [-0.3, -0.25) is 15.0 Å². The lowest BCUT2D eigenvalue weighted by Crippen LogP contribution is -2.34. The summed E-state index contributed by atoms with van der Waals surface area (Å²) in [6.45, 7) is 5.04. The van der Waals surface area contributed by atoms with Crippen LogP contribution in [0.5, 0.6) is 0 Å². The van der Waals surface area contributed by atoms with Gasteiger partial charge in [0.1, 0.15) is 4.88 Å². The summed E-state index contributed by atoms with van der Waals surface area (Å²) >= 11 is 1.25. The summed E-state index contributed by atoms with van der Waals surface area (Å²) in [5.41, 5.74) is 2.37. The topological polar surface area (TPSA) is 75.4 Å². The van der Waals surface area contributed by atoms with E-state index in [9.17, 15) is 9.59 Å². The number of amides is 2. The number of nitrogen functional groups attached to an aromatic ring is 1. The Morgan fingerprint density at radius 1 is 1.44 bits per heavy atom. The predicted octanol–water partition coefficient (Wildman–Crippen LogP) is 0.834. The van der Waals surface area contributed by atoms with Crippen LogP contribution in [0.15, 0.2) is 11.4 Å². The minimum Gasteiger partial charge on any atom is -0.338 e. The zero-order valence-corrected chi connectivity index (χ0v) is 10.1. The van der Waals surface area contributed by atoms with Crippen LogP contribution in [0.4, 0.5) is 0 Å². The van der Waals surface area contributed by atoms with Gasteiger partial charge >= 0.3 is 0 Å². The molecule has 88 valence electrons. The summed E-state index contributed by atoms with van der Waals surface area (Å²) in [4.78, 5) is 25.5. The number of thiophene rings is 1. The molecule has 2 amide bonds. The zero-order chi connectivity index (χ0) is 12.1. The van der Waals surface area contributed by atoms with Gasteiger partial charge in [-0.25, -0.2) is 5.84 Å². The smallest absolute Gasteiger partial charge is 0.266 e. The molecule has 0 bridgehead atoms. The summed E-state index contributed by atoms with van der Waals surface area (Å²) in [6.07, 6.45) is 0. The largest absolute Gasteiger partial charge is 0.338 e. The number of nitrogens with two attached hydrogens (primary N) is 1. The second-order valence-electron chi connectivity index (χ2n) is 3.11. The van der Waals surface area contributed by atoms with Crippen molar-refractivity contribution in [1.29, 1.82) is 0 Å². The number of rotatable bonds is 4. The van der Waals surface area contributed by atoms with Gasteiger partial charge < -0.3 is 4.90 Å². The van der Waals surface area contributed by atoms with Crippen LogP contribution in [0, 0.1) is 0 Å². The van der Waals surface area contributed by atoms with Crippen molar-refractivity contribution in [2.75, 3.05) is 13.1 Å². The van der Waals surface area contributed by atoms with Gasteiger partial charge in [-0.05, 0) is 25.3 Å². The molecule has 3 N–H and O–H groups in total. The fourth-order valence-electron chi connectivity index (χ4n) is 1.39. The first kappa shape index (κ1) is 12.7. The molecule has 0 spiro atoms. The van der Waals surface area contributed by atoms with Crippen LogP contribution in [0.3, 0.4) is 0 Å². The Morgan fingerprint density at radius 2 is 2.06 bits per heavy atom. The SMILES string of the molecule is CCN(CC)C(=O)c1sccc1C(=O)NN. The molecule has 0 aliphatic rings. The summed E-state index contributed by atoms with van der Waals surface area (Å²) in [5.74, 6) is 4.49. The number of hydrogen-bond donors (Lipinski definition) is 2. The predicted molar refractivity (Wildman–Crippen MR) is 63.2 cm³/mol. The molecule has 0 aromatic carbocycles. The van der Waals surface area contributed by atoms with E-state index in [1.54, 1.807) is 16.3 Å². The maximum Gasteiger partial charge on any atom is 0.266 e. The molecule has 0 atom stereocenters.